The van der Waals surface area contributed by atoms with Gasteiger partial charge in [-0.3, -0.25) is 9.97 Å². The first-order valence-electron chi connectivity index (χ1n) is 9.41. The van der Waals surface area contributed by atoms with Crippen LogP contribution < -0.4 is 0 Å². The Hall–Kier alpha value is -1.81. The van der Waals surface area contributed by atoms with Crippen LogP contribution in [-0.2, 0) is 20.1 Å². The van der Waals surface area contributed by atoms with E-state index in [0.29, 0.717) is 11.8 Å². The summed E-state index contributed by atoms with van der Waals surface area (Å²) >= 11 is 1.70. The van der Waals surface area contributed by atoms with Crippen molar-refractivity contribution in [2.45, 2.75) is 46.5 Å². The van der Waals surface area contributed by atoms with Gasteiger partial charge < -0.3 is 4.57 Å². The molecule has 4 rings (SSSR count). The minimum absolute atomic E-state index is 0. The number of nitrogens with zero attached hydrogens (tertiary/aromatic N) is 3. The third kappa shape index (κ3) is 3.71. The molecular weight excluding hydrogens is 543 g/mol. The van der Waals surface area contributed by atoms with Crippen molar-refractivity contribution >= 4 is 21.6 Å². The maximum atomic E-state index is 4.68. The summed E-state index contributed by atoms with van der Waals surface area (Å²) in [4.78, 5) is 9.32. The van der Waals surface area contributed by atoms with E-state index in [0.717, 1.165) is 21.9 Å². The monoisotopic (exact) mass is 567 g/mol. The first-order valence-corrected chi connectivity index (χ1v) is 10.2. The number of aromatic nitrogens is 3. The summed E-state index contributed by atoms with van der Waals surface area (Å²) in [6, 6.07) is 14.2. The molecule has 0 aliphatic heterocycles. The third-order valence-corrected chi connectivity index (χ3v) is 5.83. The average molecular weight is 567 g/mol. The predicted octanol–water partition coefficient (Wildman–Crippen LogP) is 6.50. The molecule has 2 heterocycles. The molecule has 2 aromatic carbocycles. The van der Waals surface area contributed by atoms with Gasteiger partial charge in [-0.1, -0.05) is 45.9 Å². The van der Waals surface area contributed by atoms with Crippen molar-refractivity contribution in [1.29, 1.82) is 0 Å². The molecule has 2 aromatic heterocycles. The van der Waals surface area contributed by atoms with E-state index in [1.165, 1.54) is 21.5 Å². The summed E-state index contributed by atoms with van der Waals surface area (Å²) in [6.07, 6.45) is 3.94. The van der Waals surface area contributed by atoms with Crippen LogP contribution in [-0.4, -0.2) is 14.5 Å². The molecule has 0 aliphatic carbocycles. The summed E-state index contributed by atoms with van der Waals surface area (Å²) in [6.45, 7) is 11.0. The summed E-state index contributed by atoms with van der Waals surface area (Å²) in [5.74, 6) is 1.78. The van der Waals surface area contributed by atoms with Gasteiger partial charge in [-0.2, -0.15) is 11.3 Å². The first-order chi connectivity index (χ1) is 13.0. The third-order valence-electron chi connectivity index (χ3n) is 4.89. The van der Waals surface area contributed by atoms with Crippen LogP contribution >= 0.6 is 11.3 Å². The number of hydrogen-bond acceptors (Lipinski definition) is 3. The van der Waals surface area contributed by atoms with Crippen LogP contribution in [0.1, 0.15) is 55.7 Å². The standard InChI is InChI=1S/C23H24N3S.Ir/c1-14(2)18-7-6-8-19(15(3)4)22(18)26-12-11-24-23(26)17-9-10-21-20(13-17)25-16(5)27-21;/h6-8,10-15H,1-5H3;/q-1;. The zero-order valence-electron chi connectivity index (χ0n) is 16.8. The van der Waals surface area contributed by atoms with E-state index in [2.05, 4.69) is 78.8 Å². The van der Waals surface area contributed by atoms with Gasteiger partial charge in [0.25, 0.3) is 0 Å². The zero-order chi connectivity index (χ0) is 19.1. The Morgan fingerprint density at radius 1 is 1.07 bits per heavy atom. The van der Waals surface area contributed by atoms with Gasteiger partial charge >= 0.3 is 0 Å². The SMILES string of the molecule is Cc1nc2cc(-c3nccn3-c3c(C(C)C)cccc3C(C)C)[c-]cc2s1.[Ir]. The van der Waals surface area contributed by atoms with Crippen LogP contribution in [0, 0.1) is 13.0 Å². The van der Waals surface area contributed by atoms with Gasteiger partial charge in [0.1, 0.15) is 0 Å². The summed E-state index contributed by atoms with van der Waals surface area (Å²) in [5, 5.41) is 1.08. The minimum atomic E-state index is 0. The van der Waals surface area contributed by atoms with Gasteiger partial charge in [0.2, 0.25) is 0 Å². The first kappa shape index (κ1) is 20.9. The fourth-order valence-corrected chi connectivity index (χ4v) is 4.38. The van der Waals surface area contributed by atoms with Crippen molar-refractivity contribution in [3.05, 3.63) is 64.9 Å². The zero-order valence-corrected chi connectivity index (χ0v) is 20.0. The molecular formula is C23H24IrN3S-. The van der Waals surface area contributed by atoms with Crippen LogP contribution in [0.2, 0.25) is 0 Å². The van der Waals surface area contributed by atoms with Crippen LogP contribution in [0.25, 0.3) is 27.3 Å². The summed E-state index contributed by atoms with van der Waals surface area (Å²) < 4.78 is 3.39. The van der Waals surface area contributed by atoms with Crippen molar-refractivity contribution in [2.75, 3.05) is 0 Å². The molecule has 0 amide bonds. The van der Waals surface area contributed by atoms with Crippen molar-refractivity contribution in [3.63, 3.8) is 0 Å². The Labute approximate surface area is 184 Å². The molecule has 0 unspecified atom stereocenters. The molecule has 0 aliphatic rings. The minimum Gasteiger partial charge on any atom is -0.340 e. The van der Waals surface area contributed by atoms with Crippen LogP contribution in [0.4, 0.5) is 0 Å². The van der Waals surface area contributed by atoms with E-state index < -0.39 is 0 Å². The second kappa shape index (κ2) is 8.28. The fraction of sp³-hybridized carbons (Fsp3) is 0.304. The van der Waals surface area contributed by atoms with Crippen LogP contribution in [0.5, 0.6) is 0 Å². The van der Waals surface area contributed by atoms with E-state index in [9.17, 15) is 0 Å². The van der Waals surface area contributed by atoms with Crippen LogP contribution in [0.15, 0.2) is 42.7 Å². The Kier molecular flexibility index (Phi) is 6.18. The molecule has 5 heteroatoms. The maximum Gasteiger partial charge on any atom is 0.0796 e. The van der Waals surface area contributed by atoms with Gasteiger partial charge in [0.15, 0.2) is 0 Å². The van der Waals surface area contributed by atoms with Gasteiger partial charge in [-0.15, -0.1) is 23.8 Å². The van der Waals surface area contributed by atoms with Gasteiger partial charge in [0, 0.05) is 38.2 Å². The molecule has 1 radical (unpaired) electrons. The summed E-state index contributed by atoms with van der Waals surface area (Å²) in [5.41, 5.74) is 5.92. The average Bonchev–Trinajstić information content (AvgIpc) is 3.25. The van der Waals surface area contributed by atoms with E-state index in [-0.39, 0.29) is 20.1 Å². The molecule has 0 saturated carbocycles. The molecule has 3 nitrogen and oxygen atoms in total. The Bertz CT molecular complexity index is 1080. The molecule has 147 valence electrons. The van der Waals surface area contributed by atoms with Crippen molar-refractivity contribution in [2.24, 2.45) is 0 Å². The second-order valence-electron chi connectivity index (χ2n) is 7.54. The topological polar surface area (TPSA) is 30.7 Å². The number of aryl methyl sites for hydroxylation is 1. The molecule has 0 atom stereocenters. The number of fused-ring (bicyclic) bond motifs is 1. The van der Waals surface area contributed by atoms with Crippen molar-refractivity contribution in [3.8, 4) is 17.1 Å². The van der Waals surface area contributed by atoms with Gasteiger partial charge in [-0.25, -0.2) is 0 Å². The molecule has 0 saturated heterocycles. The Balaban J connectivity index is 0.00000225. The maximum absolute atomic E-state index is 4.68. The largest absolute Gasteiger partial charge is 0.340 e. The molecule has 0 fully saturated rings. The van der Waals surface area contributed by atoms with E-state index in [4.69, 9.17) is 0 Å². The second-order valence-corrected chi connectivity index (χ2v) is 8.78. The smallest absolute Gasteiger partial charge is 0.0796 e. The fourth-order valence-electron chi connectivity index (χ4n) is 3.59. The number of benzene rings is 2. The number of para-hydroxylation sites is 1. The van der Waals surface area contributed by atoms with Gasteiger partial charge in [0.05, 0.1) is 10.8 Å². The van der Waals surface area contributed by atoms with E-state index in [1.54, 1.807) is 11.3 Å². The molecule has 28 heavy (non-hydrogen) atoms. The quantitative estimate of drug-likeness (QED) is 0.264. The molecule has 0 N–H and O–H groups in total. The van der Waals surface area contributed by atoms with E-state index in [1.807, 2.05) is 19.2 Å². The predicted molar refractivity (Wildman–Crippen MR) is 114 cm³/mol. The number of hydrogen-bond donors (Lipinski definition) is 0. The summed E-state index contributed by atoms with van der Waals surface area (Å²) in [7, 11) is 0. The van der Waals surface area contributed by atoms with E-state index >= 15 is 0 Å². The molecule has 0 bridgehead atoms. The van der Waals surface area contributed by atoms with Crippen molar-refractivity contribution in [1.82, 2.24) is 14.5 Å². The Morgan fingerprint density at radius 2 is 1.75 bits per heavy atom. The Morgan fingerprint density at radius 3 is 2.39 bits per heavy atom. The number of thiazole rings is 1. The normalized spacial score (nSPS) is 11.4. The number of imidazole rings is 1. The van der Waals surface area contributed by atoms with Crippen molar-refractivity contribution < 1.29 is 20.1 Å². The number of rotatable bonds is 4. The molecule has 4 aromatic rings. The molecule has 0 spiro atoms. The van der Waals surface area contributed by atoms with Crippen LogP contribution in [0.3, 0.4) is 0 Å². The van der Waals surface area contributed by atoms with Gasteiger partial charge in [-0.05, 0) is 40.1 Å².